The van der Waals surface area contributed by atoms with Crippen molar-refractivity contribution in [3.05, 3.63) is 80.0 Å². The van der Waals surface area contributed by atoms with Gasteiger partial charge >= 0.3 is 0 Å². The number of thioether (sulfide) groups is 1. The second-order valence-electron chi connectivity index (χ2n) is 10.2. The largest absolute Gasteiger partial charge is 0.448 e. The molecule has 3 heterocycles. The van der Waals surface area contributed by atoms with Crippen molar-refractivity contribution in [1.29, 1.82) is 0 Å². The summed E-state index contributed by atoms with van der Waals surface area (Å²) in [6.07, 6.45) is 7.66. The average Bonchev–Trinajstić information content (AvgIpc) is 3.30. The second-order valence-corrected chi connectivity index (χ2v) is 11.5. The van der Waals surface area contributed by atoms with Crippen LogP contribution in [0.25, 0.3) is 0 Å². The molecule has 1 amide bonds. The lowest BCUT2D eigenvalue weighted by atomic mass is 9.77. The standard InChI is InChI=1S/C29H32ClN3O4S/c1-16-13-24(38-4)21(28(35)33-16)15-32-27(34)20-14-22(30)26-25(17(20)2)36-29(3,37-26)19-10-8-18(9-11-19)23-7-5-6-12-31-23/h5-7,12-14,18-19H,8-11,15H2,1-4H3,(H,32,34)(H,33,35)/t18-,19-,29-/m0/s1. The predicted octanol–water partition coefficient (Wildman–Crippen LogP) is 6.15. The number of benzene rings is 1. The number of H-pyrrole nitrogens is 1. The highest BCUT2D eigenvalue weighted by Gasteiger charge is 2.47. The fraction of sp³-hybridized carbons (Fsp3) is 0.414. The maximum absolute atomic E-state index is 13.2. The molecular formula is C29H32ClN3O4S. The van der Waals surface area contributed by atoms with E-state index in [1.54, 1.807) is 6.07 Å². The zero-order valence-corrected chi connectivity index (χ0v) is 23.6. The third-order valence-electron chi connectivity index (χ3n) is 7.74. The van der Waals surface area contributed by atoms with Gasteiger partial charge in [0.2, 0.25) is 0 Å². The molecule has 2 aliphatic rings. The maximum atomic E-state index is 13.2. The zero-order valence-electron chi connectivity index (χ0n) is 22.0. The van der Waals surface area contributed by atoms with Crippen LogP contribution in [0.4, 0.5) is 0 Å². The molecule has 1 aliphatic heterocycles. The van der Waals surface area contributed by atoms with E-state index in [4.69, 9.17) is 21.1 Å². The normalized spacial score (nSPS) is 22.3. The van der Waals surface area contributed by atoms with Crippen molar-refractivity contribution < 1.29 is 14.3 Å². The number of nitrogens with one attached hydrogen (secondary N) is 2. The molecule has 0 radical (unpaired) electrons. The Morgan fingerprint density at radius 3 is 2.61 bits per heavy atom. The number of aromatic nitrogens is 2. The number of fused-ring (bicyclic) bond motifs is 1. The quantitative estimate of drug-likeness (QED) is 0.355. The van der Waals surface area contributed by atoms with Crippen LogP contribution in [0.15, 0.2) is 46.2 Å². The monoisotopic (exact) mass is 553 g/mol. The van der Waals surface area contributed by atoms with Gasteiger partial charge in [0.15, 0.2) is 11.5 Å². The summed E-state index contributed by atoms with van der Waals surface area (Å²) in [6, 6.07) is 9.60. The van der Waals surface area contributed by atoms with Gasteiger partial charge in [-0.25, -0.2) is 0 Å². The Balaban J connectivity index is 1.31. The highest BCUT2D eigenvalue weighted by molar-refractivity contribution is 7.98. The van der Waals surface area contributed by atoms with Crippen LogP contribution in [-0.4, -0.2) is 27.9 Å². The van der Waals surface area contributed by atoms with E-state index in [1.807, 2.05) is 51.4 Å². The molecule has 1 saturated carbocycles. The molecule has 5 rings (SSSR count). The SMILES string of the molecule is CSc1cc(C)[nH]c(=O)c1CNC(=O)c1cc(Cl)c2c(c1C)O[C@](C)([C@H]1CC[C@H](c3ccccn3)CC1)O2. The number of pyridine rings is 2. The molecule has 1 atom stereocenters. The molecule has 9 heteroatoms. The minimum absolute atomic E-state index is 0.105. The average molecular weight is 554 g/mol. The van der Waals surface area contributed by atoms with Crippen LogP contribution in [-0.2, 0) is 6.54 Å². The third kappa shape index (κ3) is 5.04. The number of hydrogen-bond donors (Lipinski definition) is 2. The summed E-state index contributed by atoms with van der Waals surface area (Å²) >= 11 is 8.09. The predicted molar refractivity (Wildman–Crippen MR) is 150 cm³/mol. The number of ether oxygens (including phenoxy) is 2. The lowest BCUT2D eigenvalue weighted by Crippen LogP contribution is -2.44. The van der Waals surface area contributed by atoms with Gasteiger partial charge < -0.3 is 19.8 Å². The molecular weight excluding hydrogens is 522 g/mol. The van der Waals surface area contributed by atoms with Crippen molar-refractivity contribution >= 4 is 29.3 Å². The van der Waals surface area contributed by atoms with E-state index < -0.39 is 5.79 Å². The number of carbonyl (C=O) groups excluding carboxylic acids is 1. The van der Waals surface area contributed by atoms with Crippen molar-refractivity contribution in [2.24, 2.45) is 5.92 Å². The number of nitrogens with zero attached hydrogens (tertiary/aromatic N) is 1. The molecule has 200 valence electrons. The number of aryl methyl sites for hydroxylation is 1. The van der Waals surface area contributed by atoms with Gasteiger partial charge in [-0.05, 0) is 70.1 Å². The molecule has 0 saturated heterocycles. The minimum Gasteiger partial charge on any atom is -0.448 e. The minimum atomic E-state index is -0.858. The van der Waals surface area contributed by atoms with Crippen molar-refractivity contribution in [3.63, 3.8) is 0 Å². The molecule has 2 aromatic heterocycles. The van der Waals surface area contributed by atoms with Crippen LogP contribution >= 0.6 is 23.4 Å². The van der Waals surface area contributed by atoms with Crippen molar-refractivity contribution in [2.75, 3.05) is 6.26 Å². The summed E-state index contributed by atoms with van der Waals surface area (Å²) in [5.41, 5.74) is 3.30. The van der Waals surface area contributed by atoms with Crippen molar-refractivity contribution in [3.8, 4) is 11.5 Å². The summed E-state index contributed by atoms with van der Waals surface area (Å²) in [7, 11) is 0. The Labute approximate surface area is 231 Å². The number of halogens is 1. The van der Waals surface area contributed by atoms with E-state index >= 15 is 0 Å². The van der Waals surface area contributed by atoms with Crippen LogP contribution < -0.4 is 20.3 Å². The van der Waals surface area contributed by atoms with Crippen LogP contribution in [0.5, 0.6) is 11.5 Å². The van der Waals surface area contributed by atoms with Gasteiger partial charge in [0.25, 0.3) is 17.3 Å². The van der Waals surface area contributed by atoms with Crippen LogP contribution in [0.2, 0.25) is 5.02 Å². The fourth-order valence-electron chi connectivity index (χ4n) is 5.58. The summed E-state index contributed by atoms with van der Waals surface area (Å²) in [5, 5.41) is 3.21. The van der Waals surface area contributed by atoms with Gasteiger partial charge in [-0.15, -0.1) is 11.8 Å². The number of rotatable bonds is 6. The maximum Gasteiger partial charge on any atom is 0.254 e. The molecule has 0 spiro atoms. The first-order valence-corrected chi connectivity index (χ1v) is 14.5. The smallest absolute Gasteiger partial charge is 0.254 e. The van der Waals surface area contributed by atoms with Crippen molar-refractivity contribution in [2.45, 2.75) is 69.6 Å². The molecule has 1 aliphatic carbocycles. The number of hydrogen-bond acceptors (Lipinski definition) is 6. The highest BCUT2D eigenvalue weighted by atomic mass is 35.5. The Morgan fingerprint density at radius 1 is 1.18 bits per heavy atom. The molecule has 2 N–H and O–H groups in total. The molecule has 0 bridgehead atoms. The summed E-state index contributed by atoms with van der Waals surface area (Å²) in [6.45, 7) is 5.74. The summed E-state index contributed by atoms with van der Waals surface area (Å²) < 4.78 is 12.8. The molecule has 1 aromatic carbocycles. The molecule has 7 nitrogen and oxygen atoms in total. The van der Waals surface area contributed by atoms with E-state index in [0.29, 0.717) is 39.1 Å². The Kier molecular flexibility index (Phi) is 7.47. The second kappa shape index (κ2) is 10.7. The van der Waals surface area contributed by atoms with Gasteiger partial charge in [-0.3, -0.25) is 14.6 Å². The molecule has 38 heavy (non-hydrogen) atoms. The van der Waals surface area contributed by atoms with Crippen LogP contribution in [0.3, 0.4) is 0 Å². The van der Waals surface area contributed by atoms with E-state index in [-0.39, 0.29) is 23.9 Å². The topological polar surface area (TPSA) is 93.3 Å². The highest BCUT2D eigenvalue weighted by Crippen LogP contribution is 2.52. The Morgan fingerprint density at radius 2 is 1.92 bits per heavy atom. The Bertz CT molecular complexity index is 1420. The van der Waals surface area contributed by atoms with Crippen molar-refractivity contribution in [1.82, 2.24) is 15.3 Å². The van der Waals surface area contributed by atoms with Gasteiger partial charge in [0.05, 0.1) is 5.02 Å². The number of aromatic amines is 1. The first-order valence-electron chi connectivity index (χ1n) is 12.9. The van der Waals surface area contributed by atoms with Crippen LogP contribution in [0, 0.1) is 19.8 Å². The van der Waals surface area contributed by atoms with Gasteiger partial charge in [-0.2, -0.15) is 0 Å². The zero-order chi connectivity index (χ0) is 27.0. The summed E-state index contributed by atoms with van der Waals surface area (Å²) in [4.78, 5) is 33.9. The number of amides is 1. The van der Waals surface area contributed by atoms with E-state index in [9.17, 15) is 9.59 Å². The van der Waals surface area contributed by atoms with Crippen LogP contribution in [0.1, 0.15) is 71.4 Å². The molecule has 3 aromatic rings. The van der Waals surface area contributed by atoms with E-state index in [2.05, 4.69) is 21.4 Å². The molecule has 0 unspecified atom stereocenters. The number of carbonyl (C=O) groups is 1. The summed E-state index contributed by atoms with van der Waals surface area (Å²) in [5.74, 6) is 0.425. The van der Waals surface area contributed by atoms with E-state index in [1.165, 1.54) is 11.8 Å². The first kappa shape index (κ1) is 26.6. The fourth-order valence-corrected chi connectivity index (χ4v) is 6.52. The third-order valence-corrected chi connectivity index (χ3v) is 8.83. The van der Waals surface area contributed by atoms with Gasteiger partial charge in [0, 0.05) is 64.5 Å². The first-order chi connectivity index (χ1) is 18.2. The Hall–Kier alpha value is -2.97. The van der Waals surface area contributed by atoms with Gasteiger partial charge in [0.1, 0.15) is 0 Å². The van der Waals surface area contributed by atoms with Gasteiger partial charge in [-0.1, -0.05) is 17.7 Å². The molecule has 1 fully saturated rings. The van der Waals surface area contributed by atoms with E-state index in [0.717, 1.165) is 42.0 Å². The lowest BCUT2D eigenvalue weighted by Gasteiger charge is -2.37. The lowest BCUT2D eigenvalue weighted by molar-refractivity contribution is -0.121.